The van der Waals surface area contributed by atoms with Crippen molar-refractivity contribution in [2.45, 2.75) is 26.7 Å². The van der Waals surface area contributed by atoms with Crippen LogP contribution in [0.1, 0.15) is 26.7 Å². The summed E-state index contributed by atoms with van der Waals surface area (Å²) in [5, 5.41) is 4.04. The van der Waals surface area contributed by atoms with E-state index in [-0.39, 0.29) is 18.8 Å². The van der Waals surface area contributed by atoms with E-state index in [4.69, 9.17) is 0 Å². The fourth-order valence-corrected chi connectivity index (χ4v) is 1.87. The van der Waals surface area contributed by atoms with Gasteiger partial charge in [-0.25, -0.2) is 4.79 Å². The molecule has 4 amide bonds. The lowest BCUT2D eigenvalue weighted by Gasteiger charge is -2.33. The van der Waals surface area contributed by atoms with Gasteiger partial charge in [0.05, 0.1) is 0 Å². The van der Waals surface area contributed by atoms with E-state index in [1.165, 1.54) is 0 Å². The van der Waals surface area contributed by atoms with Crippen molar-refractivity contribution < 1.29 is 19.2 Å². The van der Waals surface area contributed by atoms with Crippen molar-refractivity contribution in [2.24, 2.45) is 11.3 Å². The van der Waals surface area contributed by atoms with Crippen molar-refractivity contribution in [1.82, 2.24) is 10.6 Å². The lowest BCUT2D eigenvalue weighted by Crippen LogP contribution is -2.62. The molecule has 1 fully saturated rings. The molecule has 1 aliphatic rings. The van der Waals surface area contributed by atoms with Crippen LogP contribution >= 0.6 is 0 Å². The Kier molecular flexibility index (Phi) is 3.41. The van der Waals surface area contributed by atoms with Crippen LogP contribution in [0.2, 0.25) is 0 Å². The van der Waals surface area contributed by atoms with E-state index in [1.54, 1.807) is 0 Å². The highest BCUT2D eigenvalue weighted by Gasteiger charge is 2.50. The number of hydrogen-bond acceptors (Lipinski definition) is 4. The maximum Gasteiger partial charge on any atom is 0.328 e. The predicted octanol–water partition coefficient (Wildman–Crippen LogP) is -0.0261. The Bertz CT molecular complexity index is 329. The van der Waals surface area contributed by atoms with Gasteiger partial charge in [0.25, 0.3) is 0 Å². The molecule has 1 saturated heterocycles. The third kappa shape index (κ3) is 2.10. The zero-order valence-electron chi connectivity index (χ0n) is 9.20. The summed E-state index contributed by atoms with van der Waals surface area (Å²) in [6.07, 6.45) is 0.546. The molecule has 88 valence electrons. The third-order valence-electron chi connectivity index (χ3n) is 2.51. The predicted molar refractivity (Wildman–Crippen MR) is 54.3 cm³/mol. The molecular formula is C10H14N2O4. The van der Waals surface area contributed by atoms with Crippen molar-refractivity contribution >= 4 is 24.1 Å². The van der Waals surface area contributed by atoms with E-state index in [2.05, 4.69) is 0 Å². The number of hydrogen-bond donors (Lipinski definition) is 2. The minimum Gasteiger partial charge on any atom is -0.303 e. The molecule has 0 unspecified atom stereocenters. The molecular weight excluding hydrogens is 212 g/mol. The molecule has 0 atom stereocenters. The molecule has 0 spiro atoms. The van der Waals surface area contributed by atoms with Crippen molar-refractivity contribution in [1.29, 1.82) is 0 Å². The normalized spacial score (nSPS) is 19.3. The molecule has 0 aromatic carbocycles. The van der Waals surface area contributed by atoms with Crippen LogP contribution in [0.4, 0.5) is 4.79 Å². The van der Waals surface area contributed by atoms with Crippen LogP contribution in [0.15, 0.2) is 0 Å². The molecule has 6 heteroatoms. The number of carbonyl (C=O) groups is 4. The van der Waals surface area contributed by atoms with Gasteiger partial charge in [-0.05, 0) is 12.3 Å². The second-order valence-electron chi connectivity index (χ2n) is 4.29. The van der Waals surface area contributed by atoms with Crippen molar-refractivity contribution in [3.8, 4) is 0 Å². The molecule has 1 aliphatic heterocycles. The minimum atomic E-state index is -1.44. The number of nitrogens with one attached hydrogen (secondary N) is 2. The Morgan fingerprint density at radius 1 is 1.19 bits per heavy atom. The van der Waals surface area contributed by atoms with Crippen LogP contribution in [-0.2, 0) is 14.4 Å². The summed E-state index contributed by atoms with van der Waals surface area (Å²) in [5.41, 5.74) is -1.44. The largest absolute Gasteiger partial charge is 0.328 e. The van der Waals surface area contributed by atoms with E-state index < -0.39 is 23.3 Å². The van der Waals surface area contributed by atoms with Crippen LogP contribution in [0, 0.1) is 11.3 Å². The van der Waals surface area contributed by atoms with Gasteiger partial charge in [0, 0.05) is 6.42 Å². The van der Waals surface area contributed by atoms with Gasteiger partial charge in [-0.3, -0.25) is 20.2 Å². The summed E-state index contributed by atoms with van der Waals surface area (Å²) in [5.74, 6) is -1.33. The first-order valence-electron chi connectivity index (χ1n) is 5.03. The average molecular weight is 226 g/mol. The molecule has 2 N–H and O–H groups in total. The lowest BCUT2D eigenvalue weighted by molar-refractivity contribution is -0.147. The quantitative estimate of drug-likeness (QED) is 0.520. The molecule has 0 aromatic heterocycles. The number of amides is 4. The van der Waals surface area contributed by atoms with Crippen LogP contribution in [-0.4, -0.2) is 24.1 Å². The summed E-state index contributed by atoms with van der Waals surface area (Å²) in [4.78, 5) is 44.9. The number of imide groups is 2. The first-order valence-corrected chi connectivity index (χ1v) is 5.03. The van der Waals surface area contributed by atoms with E-state index in [0.29, 0.717) is 6.29 Å². The van der Waals surface area contributed by atoms with Crippen LogP contribution in [0.5, 0.6) is 0 Å². The van der Waals surface area contributed by atoms with Crippen LogP contribution in [0.3, 0.4) is 0 Å². The second-order valence-corrected chi connectivity index (χ2v) is 4.29. The van der Waals surface area contributed by atoms with E-state index >= 15 is 0 Å². The van der Waals surface area contributed by atoms with E-state index in [9.17, 15) is 19.2 Å². The Balaban J connectivity index is 3.05. The number of urea groups is 1. The van der Waals surface area contributed by atoms with Gasteiger partial charge >= 0.3 is 6.03 Å². The molecule has 0 aromatic rings. The summed E-state index contributed by atoms with van der Waals surface area (Å²) >= 11 is 0. The summed E-state index contributed by atoms with van der Waals surface area (Å²) in [6.45, 7) is 3.67. The molecule has 1 heterocycles. The third-order valence-corrected chi connectivity index (χ3v) is 2.51. The van der Waals surface area contributed by atoms with E-state index in [0.717, 1.165) is 0 Å². The summed E-state index contributed by atoms with van der Waals surface area (Å²) < 4.78 is 0. The second kappa shape index (κ2) is 4.42. The zero-order valence-corrected chi connectivity index (χ0v) is 9.20. The number of barbiturate groups is 1. The molecule has 0 radical (unpaired) electrons. The zero-order chi connectivity index (χ0) is 12.3. The molecule has 1 rings (SSSR count). The van der Waals surface area contributed by atoms with E-state index in [1.807, 2.05) is 24.5 Å². The first kappa shape index (κ1) is 12.4. The molecule has 6 nitrogen and oxygen atoms in total. The molecule has 0 aliphatic carbocycles. The maximum atomic E-state index is 11.7. The fourth-order valence-electron chi connectivity index (χ4n) is 1.87. The highest BCUT2D eigenvalue weighted by atomic mass is 16.2. The van der Waals surface area contributed by atoms with Gasteiger partial charge in [-0.1, -0.05) is 13.8 Å². The molecule has 0 saturated carbocycles. The smallest absolute Gasteiger partial charge is 0.303 e. The SMILES string of the molecule is CC(C)CC1(CC=O)C(=O)NC(=O)NC1=O. The standard InChI is InChI=1S/C10H14N2O4/c1-6(2)5-10(3-4-13)7(14)11-9(16)12-8(10)15/h4,6H,3,5H2,1-2H3,(H2,11,12,14,15,16). The van der Waals surface area contributed by atoms with Gasteiger partial charge in [-0.2, -0.15) is 0 Å². The fraction of sp³-hybridized carbons (Fsp3) is 0.600. The van der Waals surface area contributed by atoms with Crippen molar-refractivity contribution in [2.75, 3.05) is 0 Å². The van der Waals surface area contributed by atoms with Gasteiger partial charge in [0.2, 0.25) is 11.8 Å². The lowest BCUT2D eigenvalue weighted by atomic mass is 9.75. The van der Waals surface area contributed by atoms with Gasteiger partial charge in [0.15, 0.2) is 0 Å². The van der Waals surface area contributed by atoms with Crippen LogP contribution in [0.25, 0.3) is 0 Å². The highest BCUT2D eigenvalue weighted by Crippen LogP contribution is 2.32. The van der Waals surface area contributed by atoms with Gasteiger partial charge in [0.1, 0.15) is 11.7 Å². The number of rotatable bonds is 4. The Morgan fingerprint density at radius 3 is 2.06 bits per heavy atom. The first-order chi connectivity index (χ1) is 7.42. The molecule has 16 heavy (non-hydrogen) atoms. The van der Waals surface area contributed by atoms with Gasteiger partial charge in [-0.15, -0.1) is 0 Å². The number of aldehydes is 1. The number of carbonyl (C=O) groups excluding carboxylic acids is 4. The van der Waals surface area contributed by atoms with Crippen molar-refractivity contribution in [3.63, 3.8) is 0 Å². The average Bonchev–Trinajstić information content (AvgIpc) is 2.13. The summed E-state index contributed by atoms with van der Waals surface area (Å²) in [6, 6.07) is -0.833. The Hall–Kier alpha value is -1.72. The minimum absolute atomic E-state index is 0.0599. The topological polar surface area (TPSA) is 92.3 Å². The Labute approximate surface area is 92.8 Å². The maximum absolute atomic E-state index is 11.7. The molecule has 0 bridgehead atoms. The summed E-state index contributed by atoms with van der Waals surface area (Å²) in [7, 11) is 0. The van der Waals surface area contributed by atoms with Crippen LogP contribution < -0.4 is 10.6 Å². The van der Waals surface area contributed by atoms with Crippen molar-refractivity contribution in [3.05, 3.63) is 0 Å². The van der Waals surface area contributed by atoms with Gasteiger partial charge < -0.3 is 4.79 Å². The Morgan fingerprint density at radius 2 is 1.69 bits per heavy atom. The highest BCUT2D eigenvalue weighted by molar-refractivity contribution is 6.19. The monoisotopic (exact) mass is 226 g/mol.